The quantitative estimate of drug-likeness (QED) is 0.754. The van der Waals surface area contributed by atoms with Crippen molar-refractivity contribution in [2.75, 3.05) is 7.05 Å². The smallest absolute Gasteiger partial charge is 0.179 e. The normalized spacial score (nSPS) is 11.6. The van der Waals surface area contributed by atoms with Crippen LogP contribution in [0.3, 0.4) is 0 Å². The second-order valence-electron chi connectivity index (χ2n) is 2.92. The van der Waals surface area contributed by atoms with Crippen LogP contribution in [-0.4, -0.2) is 24.0 Å². The molecule has 1 atom stereocenters. The van der Waals surface area contributed by atoms with E-state index >= 15 is 0 Å². The van der Waals surface area contributed by atoms with Gasteiger partial charge in [0.2, 0.25) is 0 Å². The third kappa shape index (κ3) is 3.01. The van der Waals surface area contributed by atoms with Crippen molar-refractivity contribution < 1.29 is 9.90 Å². The Kier molecular flexibility index (Phi) is 5.20. The lowest BCUT2D eigenvalue weighted by molar-refractivity contribution is 0.0955. The van der Waals surface area contributed by atoms with Gasteiger partial charge in [-0.3, -0.25) is 4.79 Å². The minimum absolute atomic E-state index is 0. The van der Waals surface area contributed by atoms with Crippen LogP contribution < -0.4 is 5.32 Å². The molecule has 1 aromatic rings. The maximum atomic E-state index is 11.5. The third-order valence-corrected chi connectivity index (χ3v) is 1.98. The van der Waals surface area contributed by atoms with Gasteiger partial charge in [0.05, 0.1) is 6.04 Å². The predicted octanol–water partition coefficient (Wildman–Crippen LogP) is 1.60. The minimum Gasteiger partial charge on any atom is -0.508 e. The molecule has 1 rings (SSSR count). The van der Waals surface area contributed by atoms with E-state index in [1.165, 1.54) is 12.1 Å². The van der Waals surface area contributed by atoms with Crippen molar-refractivity contribution in [1.82, 2.24) is 5.32 Å². The van der Waals surface area contributed by atoms with E-state index < -0.39 is 0 Å². The van der Waals surface area contributed by atoms with Gasteiger partial charge in [-0.1, -0.05) is 0 Å². The molecule has 0 aromatic heterocycles. The molecule has 0 bridgehead atoms. The number of phenols is 1. The molecule has 3 nitrogen and oxygen atoms in total. The summed E-state index contributed by atoms with van der Waals surface area (Å²) in [5, 5.41) is 11.9. The number of halogens is 1. The van der Waals surface area contributed by atoms with Gasteiger partial charge < -0.3 is 10.4 Å². The van der Waals surface area contributed by atoms with Gasteiger partial charge >= 0.3 is 0 Å². The molecule has 0 fully saturated rings. The fourth-order valence-electron chi connectivity index (χ4n) is 1.01. The topological polar surface area (TPSA) is 49.3 Å². The van der Waals surface area contributed by atoms with Crippen LogP contribution in [0.25, 0.3) is 0 Å². The number of ketones is 1. The van der Waals surface area contributed by atoms with E-state index in [9.17, 15) is 4.79 Å². The number of aromatic hydroxyl groups is 1. The molecule has 4 heteroatoms. The predicted molar refractivity (Wildman–Crippen MR) is 58.2 cm³/mol. The molecule has 0 radical (unpaired) electrons. The van der Waals surface area contributed by atoms with Crippen LogP contribution >= 0.6 is 12.4 Å². The van der Waals surface area contributed by atoms with E-state index in [-0.39, 0.29) is 30.0 Å². The highest BCUT2D eigenvalue weighted by Crippen LogP contribution is 2.11. The SMILES string of the molecule is CNC(C)C(=O)c1ccc(O)cc1.Cl. The summed E-state index contributed by atoms with van der Waals surface area (Å²) in [6.07, 6.45) is 0. The van der Waals surface area contributed by atoms with Crippen molar-refractivity contribution in [3.8, 4) is 5.75 Å². The zero-order valence-electron chi connectivity index (χ0n) is 8.15. The van der Waals surface area contributed by atoms with E-state index in [0.29, 0.717) is 5.56 Å². The zero-order valence-corrected chi connectivity index (χ0v) is 8.97. The molecule has 78 valence electrons. The number of hydrogen-bond acceptors (Lipinski definition) is 3. The fourth-order valence-corrected chi connectivity index (χ4v) is 1.01. The summed E-state index contributed by atoms with van der Waals surface area (Å²) in [4.78, 5) is 11.5. The molecule has 0 amide bonds. The van der Waals surface area contributed by atoms with Crippen LogP contribution in [-0.2, 0) is 0 Å². The van der Waals surface area contributed by atoms with Gasteiger partial charge in [-0.15, -0.1) is 12.4 Å². The van der Waals surface area contributed by atoms with Crippen molar-refractivity contribution in [3.05, 3.63) is 29.8 Å². The van der Waals surface area contributed by atoms with Crippen LogP contribution in [0.5, 0.6) is 5.75 Å². The highest BCUT2D eigenvalue weighted by molar-refractivity contribution is 5.99. The van der Waals surface area contributed by atoms with Crippen molar-refractivity contribution in [1.29, 1.82) is 0 Å². The Bertz CT molecular complexity index is 297. The zero-order chi connectivity index (χ0) is 9.84. The summed E-state index contributed by atoms with van der Waals surface area (Å²) in [7, 11) is 1.74. The number of Topliss-reactive ketones (excluding diaryl/α,β-unsaturated/α-hetero) is 1. The number of likely N-dealkylation sites (N-methyl/N-ethyl adjacent to an activating group) is 1. The first-order chi connectivity index (χ1) is 6.15. The summed E-state index contributed by atoms with van der Waals surface area (Å²) in [6.45, 7) is 1.80. The minimum atomic E-state index is -0.190. The van der Waals surface area contributed by atoms with Crippen molar-refractivity contribution >= 4 is 18.2 Å². The van der Waals surface area contributed by atoms with Crippen LogP contribution in [0.2, 0.25) is 0 Å². The van der Waals surface area contributed by atoms with Gasteiger partial charge in [0.25, 0.3) is 0 Å². The summed E-state index contributed by atoms with van der Waals surface area (Å²) in [5.74, 6) is 0.205. The Morgan fingerprint density at radius 3 is 2.29 bits per heavy atom. The van der Waals surface area contributed by atoms with Gasteiger partial charge in [-0.05, 0) is 38.2 Å². The monoisotopic (exact) mass is 215 g/mol. The van der Waals surface area contributed by atoms with Crippen LogP contribution in [0.4, 0.5) is 0 Å². The van der Waals surface area contributed by atoms with Gasteiger partial charge in [-0.2, -0.15) is 0 Å². The lowest BCUT2D eigenvalue weighted by Crippen LogP contribution is -2.30. The molecule has 14 heavy (non-hydrogen) atoms. The second-order valence-corrected chi connectivity index (χ2v) is 2.92. The molecule has 0 aliphatic carbocycles. The highest BCUT2D eigenvalue weighted by Gasteiger charge is 2.12. The molecule has 1 aromatic carbocycles. The Labute approximate surface area is 89.5 Å². The first-order valence-electron chi connectivity index (χ1n) is 4.15. The Morgan fingerprint density at radius 1 is 1.36 bits per heavy atom. The third-order valence-electron chi connectivity index (χ3n) is 1.98. The average molecular weight is 216 g/mol. The van der Waals surface area contributed by atoms with Gasteiger partial charge in [0.1, 0.15) is 5.75 Å². The summed E-state index contributed by atoms with van der Waals surface area (Å²) in [5.41, 5.74) is 0.611. The first-order valence-corrected chi connectivity index (χ1v) is 4.15. The Hall–Kier alpha value is -1.06. The van der Waals surface area contributed by atoms with Gasteiger partial charge in [0.15, 0.2) is 5.78 Å². The van der Waals surface area contributed by atoms with Crippen LogP contribution in [0.1, 0.15) is 17.3 Å². The van der Waals surface area contributed by atoms with Crippen molar-refractivity contribution in [2.45, 2.75) is 13.0 Å². The van der Waals surface area contributed by atoms with E-state index in [4.69, 9.17) is 5.11 Å². The van der Waals surface area contributed by atoms with Crippen molar-refractivity contribution in [3.63, 3.8) is 0 Å². The van der Waals surface area contributed by atoms with Crippen LogP contribution in [0, 0.1) is 0 Å². The highest BCUT2D eigenvalue weighted by atomic mass is 35.5. The molecule has 0 saturated carbocycles. The number of rotatable bonds is 3. The second kappa shape index (κ2) is 5.62. The molecule has 0 spiro atoms. The molecular formula is C10H14ClNO2. The molecular weight excluding hydrogens is 202 g/mol. The van der Waals surface area contributed by atoms with Gasteiger partial charge in [0, 0.05) is 5.56 Å². The van der Waals surface area contributed by atoms with E-state index in [2.05, 4.69) is 5.32 Å². The summed E-state index contributed by atoms with van der Waals surface area (Å²) >= 11 is 0. The lowest BCUT2D eigenvalue weighted by Gasteiger charge is -2.08. The van der Waals surface area contributed by atoms with Crippen LogP contribution in [0.15, 0.2) is 24.3 Å². The Morgan fingerprint density at radius 2 is 1.86 bits per heavy atom. The first kappa shape index (κ1) is 12.9. The van der Waals surface area contributed by atoms with Gasteiger partial charge in [-0.25, -0.2) is 0 Å². The maximum Gasteiger partial charge on any atom is 0.179 e. The Balaban J connectivity index is 0.00000169. The molecule has 0 aliphatic rings. The molecule has 0 heterocycles. The number of benzene rings is 1. The summed E-state index contributed by atoms with van der Waals surface area (Å²) in [6, 6.07) is 6.06. The number of hydrogen-bond donors (Lipinski definition) is 2. The standard InChI is InChI=1S/C10H13NO2.ClH/c1-7(11-2)10(13)8-3-5-9(12)6-4-8;/h3-7,11-12H,1-2H3;1H. The molecule has 0 aliphatic heterocycles. The largest absolute Gasteiger partial charge is 0.508 e. The van der Waals surface area contributed by atoms with E-state index in [1.54, 1.807) is 26.1 Å². The molecule has 2 N–H and O–H groups in total. The number of carbonyl (C=O) groups is 1. The lowest BCUT2D eigenvalue weighted by atomic mass is 10.1. The van der Waals surface area contributed by atoms with Crippen molar-refractivity contribution in [2.24, 2.45) is 0 Å². The van der Waals surface area contributed by atoms with E-state index in [1.807, 2.05) is 0 Å². The molecule has 1 unspecified atom stereocenters. The maximum absolute atomic E-state index is 11.5. The number of phenolic OH excluding ortho intramolecular Hbond substituents is 1. The fraction of sp³-hybridized carbons (Fsp3) is 0.300. The number of nitrogens with one attached hydrogen (secondary N) is 1. The number of carbonyl (C=O) groups excluding carboxylic acids is 1. The van der Waals surface area contributed by atoms with E-state index in [0.717, 1.165) is 0 Å². The summed E-state index contributed by atoms with van der Waals surface area (Å²) < 4.78 is 0. The average Bonchev–Trinajstić information content (AvgIpc) is 2.17. The molecule has 0 saturated heterocycles.